The van der Waals surface area contributed by atoms with Crippen LogP contribution in [0.25, 0.3) is 0 Å². The van der Waals surface area contributed by atoms with Crippen LogP contribution in [0, 0.1) is 0 Å². The van der Waals surface area contributed by atoms with E-state index in [0.29, 0.717) is 0 Å². The van der Waals surface area contributed by atoms with Crippen LogP contribution in [0.4, 0.5) is 0 Å². The number of phosphoric acid groups is 1. The Morgan fingerprint density at radius 1 is 1.00 bits per heavy atom. The molecule has 0 rings (SSSR count). The first-order valence-electron chi connectivity index (χ1n) is 0.783. The Morgan fingerprint density at radius 3 is 1.00 bits per heavy atom. The van der Waals surface area contributed by atoms with E-state index in [-0.39, 0.29) is 88.1 Å². The van der Waals surface area contributed by atoms with Crippen LogP contribution >= 0.6 is 7.82 Å². The minimum Gasteiger partial charge on any atom is 0 e. The van der Waals surface area contributed by atoms with Crippen molar-refractivity contribution < 1.29 is 69.6 Å². The Balaban J connectivity index is -0.00000000800. The van der Waals surface area contributed by atoms with Crippen molar-refractivity contribution in [1.29, 1.82) is 0 Å². The van der Waals surface area contributed by atoms with Crippen LogP contribution in [0.15, 0.2) is 0 Å². The minimum absolute atomic E-state index is 0. The molecule has 0 atom stereocenters. The fourth-order valence-corrected chi connectivity index (χ4v) is 0. The molecule has 10 heteroatoms. The molecule has 0 bridgehead atoms. The molecule has 2 radical (unpaired) electrons. The molecule has 0 aliphatic heterocycles. The summed E-state index contributed by atoms with van der Waals surface area (Å²) in [5, 5.41) is 0. The van der Waals surface area contributed by atoms with Gasteiger partial charge in [-0.05, 0) is 0 Å². The topological polar surface area (TPSA) is 77.8 Å². The Morgan fingerprint density at radius 2 is 1.00 bits per heavy atom. The molecule has 0 aliphatic carbocycles. The SMILES string of the molecule is O=P(O)(O)O.[Co].[LiH].[LiH].[Mn].[Ni]. The van der Waals surface area contributed by atoms with Gasteiger partial charge in [-0.2, -0.15) is 0 Å². The van der Waals surface area contributed by atoms with Gasteiger partial charge in [0.1, 0.15) is 0 Å². The average Bonchev–Trinajstić information content (AvgIpc) is 0.722. The van der Waals surface area contributed by atoms with Gasteiger partial charge < -0.3 is 14.7 Å². The molecule has 0 saturated heterocycles. The van der Waals surface area contributed by atoms with E-state index in [1.807, 2.05) is 0 Å². The molecular weight excluding hydrogens is 281 g/mol. The molecule has 4 nitrogen and oxygen atoms in total. The maximum atomic E-state index is 8.88. The van der Waals surface area contributed by atoms with E-state index < -0.39 is 7.82 Å². The predicted molar refractivity (Wildman–Crippen MR) is 28.6 cm³/mol. The van der Waals surface area contributed by atoms with Crippen molar-refractivity contribution in [3.05, 3.63) is 0 Å². The van der Waals surface area contributed by atoms with Crippen molar-refractivity contribution in [2.45, 2.75) is 0 Å². The summed E-state index contributed by atoms with van der Waals surface area (Å²) in [5.74, 6) is 0. The van der Waals surface area contributed by atoms with Crippen molar-refractivity contribution in [1.82, 2.24) is 0 Å². The van der Waals surface area contributed by atoms with E-state index in [9.17, 15) is 0 Å². The second-order valence-corrected chi connectivity index (χ2v) is 1.54. The zero-order valence-electron chi connectivity index (χ0n) is 3.22. The Kier molecular flexibility index (Phi) is 68.5. The van der Waals surface area contributed by atoms with Crippen LogP contribution in [0.1, 0.15) is 0 Å². The summed E-state index contributed by atoms with van der Waals surface area (Å²) in [6.45, 7) is 0. The van der Waals surface area contributed by atoms with Crippen LogP contribution in [-0.4, -0.2) is 52.4 Å². The van der Waals surface area contributed by atoms with Gasteiger partial charge in [0.25, 0.3) is 0 Å². The smallest absolute Gasteiger partial charge is 0 e. The van der Waals surface area contributed by atoms with Crippen molar-refractivity contribution in [2.75, 3.05) is 0 Å². The first-order valence-corrected chi connectivity index (χ1v) is 2.35. The van der Waals surface area contributed by atoms with Crippen molar-refractivity contribution in [3.8, 4) is 0 Å². The second-order valence-electron chi connectivity index (χ2n) is 0.513. The third-order valence-electron chi connectivity index (χ3n) is 0. The Bertz CT molecular complexity index is 69.4. The molecule has 0 aromatic rings. The molecular formula is H5CoLi2MnNiO4P. The summed E-state index contributed by atoms with van der Waals surface area (Å²) in [6, 6.07) is 0. The van der Waals surface area contributed by atoms with Crippen LogP contribution in [0.3, 0.4) is 0 Å². The Hall–Kier alpha value is 2.82. The maximum absolute atomic E-state index is 8.88. The van der Waals surface area contributed by atoms with Gasteiger partial charge in [-0.3, -0.25) is 0 Å². The molecule has 0 saturated carbocycles. The zero-order chi connectivity index (χ0) is 4.50. The van der Waals surface area contributed by atoms with Gasteiger partial charge in [-0.1, -0.05) is 0 Å². The molecule has 0 fully saturated rings. The van der Waals surface area contributed by atoms with Crippen LogP contribution < -0.4 is 0 Å². The largest absolute Gasteiger partial charge is 0 e. The summed E-state index contributed by atoms with van der Waals surface area (Å²) in [4.78, 5) is 21.6. The number of hydrogen-bond acceptors (Lipinski definition) is 1. The Labute approximate surface area is 114 Å². The monoisotopic (exact) mass is 286 g/mol. The summed E-state index contributed by atoms with van der Waals surface area (Å²) < 4.78 is 8.88. The first-order chi connectivity index (χ1) is 2.00. The van der Waals surface area contributed by atoms with Gasteiger partial charge in [0.2, 0.25) is 0 Å². The molecule has 0 aromatic heterocycles. The van der Waals surface area contributed by atoms with Crippen molar-refractivity contribution in [3.63, 3.8) is 0 Å². The van der Waals surface area contributed by atoms with E-state index in [0.717, 1.165) is 0 Å². The molecule has 0 aromatic carbocycles. The van der Waals surface area contributed by atoms with Gasteiger partial charge in [0, 0.05) is 50.3 Å². The molecule has 0 amide bonds. The average molecular weight is 286 g/mol. The predicted octanol–water partition coefficient (Wildman–Crippen LogP) is -2.23. The molecule has 10 heavy (non-hydrogen) atoms. The van der Waals surface area contributed by atoms with E-state index in [4.69, 9.17) is 19.2 Å². The third kappa shape index (κ3) is 131. The number of rotatable bonds is 0. The van der Waals surface area contributed by atoms with Gasteiger partial charge in [-0.25, -0.2) is 4.57 Å². The van der Waals surface area contributed by atoms with Gasteiger partial charge >= 0.3 is 45.5 Å². The quantitative estimate of drug-likeness (QED) is 0.348. The van der Waals surface area contributed by atoms with E-state index in [2.05, 4.69) is 0 Å². The van der Waals surface area contributed by atoms with Crippen LogP contribution in [-0.2, 0) is 54.9 Å². The van der Waals surface area contributed by atoms with Crippen LogP contribution in [0.5, 0.6) is 0 Å². The van der Waals surface area contributed by atoms with Crippen LogP contribution in [0.2, 0.25) is 0 Å². The summed E-state index contributed by atoms with van der Waals surface area (Å²) in [7, 11) is -4.64. The van der Waals surface area contributed by atoms with Gasteiger partial charge in [0.15, 0.2) is 0 Å². The second kappa shape index (κ2) is 17.8. The standard InChI is InChI=1S/Co.2Li.Mn.Ni.H3O4P.2H/c;;;;;1-5(2,3)4;;/h;;;;;(H3,1,2,3,4);;. The molecule has 0 aliphatic rings. The summed E-state index contributed by atoms with van der Waals surface area (Å²) >= 11 is 0. The molecule has 3 N–H and O–H groups in total. The molecule has 0 unspecified atom stereocenters. The van der Waals surface area contributed by atoms with Gasteiger partial charge in [0.05, 0.1) is 0 Å². The zero-order valence-corrected chi connectivity index (χ0v) is 7.33. The van der Waals surface area contributed by atoms with Crippen molar-refractivity contribution >= 4 is 45.5 Å². The van der Waals surface area contributed by atoms with Gasteiger partial charge in [-0.15, -0.1) is 0 Å². The van der Waals surface area contributed by atoms with E-state index in [1.54, 1.807) is 0 Å². The third-order valence-corrected chi connectivity index (χ3v) is 0. The van der Waals surface area contributed by atoms with E-state index >= 15 is 0 Å². The molecule has 0 heterocycles. The normalized spacial score (nSPS) is 5.90. The first kappa shape index (κ1) is 38.5. The summed E-state index contributed by atoms with van der Waals surface area (Å²) in [5.41, 5.74) is 0. The summed E-state index contributed by atoms with van der Waals surface area (Å²) in [6.07, 6.45) is 0. The van der Waals surface area contributed by atoms with Crippen molar-refractivity contribution in [2.24, 2.45) is 0 Å². The maximum Gasteiger partial charge on any atom is 0 e. The molecule has 62 valence electrons. The molecule has 0 spiro atoms. The number of hydrogen-bond donors (Lipinski definition) is 3. The van der Waals surface area contributed by atoms with E-state index in [1.165, 1.54) is 0 Å². The fraction of sp³-hybridized carbons (Fsp3) is 0. The minimum atomic E-state index is -4.64. The fourth-order valence-electron chi connectivity index (χ4n) is 0.